The van der Waals surface area contributed by atoms with Gasteiger partial charge in [0, 0.05) is 31.6 Å². The molecule has 0 aliphatic carbocycles. The first-order valence-electron chi connectivity index (χ1n) is 12.3. The molecule has 11 heteroatoms. The van der Waals surface area contributed by atoms with Crippen molar-refractivity contribution >= 4 is 29.2 Å². The topological polar surface area (TPSA) is 115 Å². The second kappa shape index (κ2) is 11.5. The minimum absolute atomic E-state index is 0.126. The van der Waals surface area contributed by atoms with E-state index in [1.807, 2.05) is 0 Å². The van der Waals surface area contributed by atoms with Crippen molar-refractivity contribution in [3.8, 4) is 11.5 Å². The van der Waals surface area contributed by atoms with Gasteiger partial charge in [-0.3, -0.25) is 14.3 Å². The predicted molar refractivity (Wildman–Crippen MR) is 138 cm³/mol. The highest BCUT2D eigenvalue weighted by molar-refractivity contribution is 6.33. The Kier molecular flexibility index (Phi) is 8.41. The second-order valence-electron chi connectivity index (χ2n) is 9.96. The molecule has 3 heterocycles. The van der Waals surface area contributed by atoms with Crippen LogP contribution < -0.4 is 14.8 Å². The van der Waals surface area contributed by atoms with Crippen molar-refractivity contribution in [2.24, 2.45) is 5.92 Å². The van der Waals surface area contributed by atoms with Crippen molar-refractivity contribution in [2.45, 2.75) is 51.3 Å². The molecule has 0 radical (unpaired) electrons. The minimum Gasteiger partial charge on any atom is -0.495 e. The summed E-state index contributed by atoms with van der Waals surface area (Å²) in [5, 5.41) is 17.5. The molecule has 0 unspecified atom stereocenters. The predicted octanol–water partition coefficient (Wildman–Crippen LogP) is 3.24. The number of rotatable bonds is 10. The van der Waals surface area contributed by atoms with E-state index in [0.29, 0.717) is 47.7 Å². The summed E-state index contributed by atoms with van der Waals surface area (Å²) < 4.78 is 18.2. The molecule has 2 aliphatic heterocycles. The highest BCUT2D eigenvalue weighted by Gasteiger charge is 2.36. The van der Waals surface area contributed by atoms with Gasteiger partial charge in [0.1, 0.15) is 28.3 Å². The SMILES string of the molecule is COc1cccc(OC2=CC(=O)N([C@H](CC3CCOCC3)C(=O)Nc3ccn(CC(C)(C)O)n3)C2)c1Cl. The van der Waals surface area contributed by atoms with Crippen LogP contribution in [0, 0.1) is 5.92 Å². The Morgan fingerprint density at radius 2 is 2.03 bits per heavy atom. The molecule has 1 aromatic heterocycles. The maximum atomic E-state index is 13.5. The van der Waals surface area contributed by atoms with Crippen molar-refractivity contribution in [3.63, 3.8) is 0 Å². The van der Waals surface area contributed by atoms with Gasteiger partial charge in [0.25, 0.3) is 5.91 Å². The molecule has 4 rings (SSSR count). The zero-order valence-electron chi connectivity index (χ0n) is 21.3. The number of nitrogens with one attached hydrogen (secondary N) is 1. The molecule has 1 atom stereocenters. The number of halogens is 1. The first-order valence-corrected chi connectivity index (χ1v) is 12.7. The molecule has 0 bridgehead atoms. The number of methoxy groups -OCH3 is 1. The van der Waals surface area contributed by atoms with Crippen molar-refractivity contribution < 1.29 is 28.9 Å². The van der Waals surface area contributed by atoms with E-state index in [1.165, 1.54) is 18.1 Å². The average Bonchev–Trinajstić information content (AvgIpc) is 3.43. The number of benzene rings is 1. The molecule has 2 N–H and O–H groups in total. The smallest absolute Gasteiger partial charge is 0.251 e. The number of aliphatic hydroxyl groups is 1. The van der Waals surface area contributed by atoms with Gasteiger partial charge in [-0.25, -0.2) is 0 Å². The van der Waals surface area contributed by atoms with Crippen molar-refractivity contribution in [2.75, 3.05) is 32.2 Å². The van der Waals surface area contributed by atoms with Crippen LogP contribution in [0.2, 0.25) is 5.02 Å². The van der Waals surface area contributed by atoms with Gasteiger partial charge in [-0.15, -0.1) is 0 Å². The molecule has 10 nitrogen and oxygen atoms in total. The molecule has 37 heavy (non-hydrogen) atoms. The molecule has 200 valence electrons. The Morgan fingerprint density at radius 3 is 2.73 bits per heavy atom. The number of ether oxygens (including phenoxy) is 3. The van der Waals surface area contributed by atoms with Crippen molar-refractivity contribution in [1.29, 1.82) is 0 Å². The third-order valence-electron chi connectivity index (χ3n) is 6.30. The minimum atomic E-state index is -0.950. The fraction of sp³-hybridized carbons (Fsp3) is 0.500. The molecule has 2 aromatic rings. The van der Waals surface area contributed by atoms with Crippen LogP contribution in [0.5, 0.6) is 11.5 Å². The summed E-state index contributed by atoms with van der Waals surface area (Å²) in [5.41, 5.74) is -0.950. The molecule has 1 saturated heterocycles. The number of hydrogen-bond acceptors (Lipinski definition) is 7. The molecular weight excluding hydrogens is 500 g/mol. The first-order chi connectivity index (χ1) is 17.6. The number of carbonyl (C=O) groups is 2. The number of nitrogens with zero attached hydrogens (tertiary/aromatic N) is 3. The third-order valence-corrected chi connectivity index (χ3v) is 6.67. The Balaban J connectivity index is 1.49. The lowest BCUT2D eigenvalue weighted by atomic mass is 9.91. The zero-order valence-corrected chi connectivity index (χ0v) is 22.0. The standard InChI is InChI=1S/C26H33ClN4O6/c1-26(2,34)16-30-10-7-22(29-30)28-25(33)19(13-17-8-11-36-12-9-17)31-15-18(14-23(31)32)37-21-6-4-5-20(35-3)24(21)27/h4-7,10,14,17,19,34H,8-9,11-13,15-16H2,1-3H3,(H,28,29,33)/t19-/m1/s1. The summed E-state index contributed by atoms with van der Waals surface area (Å²) >= 11 is 6.36. The third kappa shape index (κ3) is 7.03. The molecule has 2 amide bonds. The highest BCUT2D eigenvalue weighted by Crippen LogP contribution is 2.35. The van der Waals surface area contributed by atoms with Crippen LogP contribution in [0.4, 0.5) is 5.82 Å². The fourth-order valence-corrected chi connectivity index (χ4v) is 4.74. The molecule has 0 spiro atoms. The van der Waals surface area contributed by atoms with Crippen molar-refractivity contribution in [3.05, 3.63) is 47.3 Å². The number of aromatic nitrogens is 2. The Morgan fingerprint density at radius 1 is 1.30 bits per heavy atom. The molecule has 1 aromatic carbocycles. The van der Waals surface area contributed by atoms with Gasteiger partial charge in [0.2, 0.25) is 5.91 Å². The second-order valence-corrected chi connectivity index (χ2v) is 10.3. The van der Waals surface area contributed by atoms with Crippen molar-refractivity contribution in [1.82, 2.24) is 14.7 Å². The number of anilines is 1. The lowest BCUT2D eigenvalue weighted by Gasteiger charge is -2.31. The lowest BCUT2D eigenvalue weighted by Crippen LogP contribution is -2.47. The monoisotopic (exact) mass is 532 g/mol. The summed E-state index contributed by atoms with van der Waals surface area (Å²) in [6.07, 6.45) is 5.21. The quantitative estimate of drug-likeness (QED) is 0.482. The van der Waals surface area contributed by atoms with E-state index in [9.17, 15) is 14.7 Å². The summed E-state index contributed by atoms with van der Waals surface area (Å²) in [6.45, 7) is 5.03. The number of amides is 2. The Labute approximate surface area is 221 Å². The van der Waals surface area contributed by atoms with Crippen LogP contribution in [-0.4, -0.2) is 70.1 Å². The first kappa shape index (κ1) is 27.0. The van der Waals surface area contributed by atoms with Crippen LogP contribution in [0.15, 0.2) is 42.3 Å². The van der Waals surface area contributed by atoms with Crippen LogP contribution in [0.3, 0.4) is 0 Å². The molecular formula is C26H33ClN4O6. The normalized spacial score (nSPS) is 17.5. The van der Waals surface area contributed by atoms with Gasteiger partial charge in [-0.05, 0) is 51.2 Å². The number of hydrogen-bond donors (Lipinski definition) is 2. The lowest BCUT2D eigenvalue weighted by molar-refractivity contribution is -0.134. The summed E-state index contributed by atoms with van der Waals surface area (Å²) in [4.78, 5) is 28.0. The molecule has 0 saturated carbocycles. The highest BCUT2D eigenvalue weighted by atomic mass is 35.5. The van der Waals surface area contributed by atoms with Gasteiger partial charge in [-0.2, -0.15) is 5.10 Å². The van der Waals surface area contributed by atoms with E-state index in [-0.39, 0.29) is 30.8 Å². The summed E-state index contributed by atoms with van der Waals surface area (Å²) in [7, 11) is 1.51. The van der Waals surface area contributed by atoms with Gasteiger partial charge >= 0.3 is 0 Å². The van der Waals surface area contributed by atoms with Gasteiger partial charge in [0.15, 0.2) is 5.82 Å². The van der Waals surface area contributed by atoms with E-state index < -0.39 is 11.6 Å². The van der Waals surface area contributed by atoms with Crippen LogP contribution in [0.1, 0.15) is 33.1 Å². The van der Waals surface area contributed by atoms with E-state index in [2.05, 4.69) is 10.4 Å². The zero-order chi connectivity index (χ0) is 26.6. The Bertz CT molecular complexity index is 1150. The van der Waals surface area contributed by atoms with Crippen LogP contribution >= 0.6 is 11.6 Å². The van der Waals surface area contributed by atoms with E-state index >= 15 is 0 Å². The molecule has 1 fully saturated rings. The summed E-state index contributed by atoms with van der Waals surface area (Å²) in [6, 6.07) is 6.08. The van der Waals surface area contributed by atoms with E-state index in [0.717, 1.165) is 12.8 Å². The molecule has 2 aliphatic rings. The maximum absolute atomic E-state index is 13.5. The van der Waals surface area contributed by atoms with Crippen LogP contribution in [-0.2, 0) is 20.9 Å². The Hall–Kier alpha value is -3.08. The summed E-state index contributed by atoms with van der Waals surface area (Å²) in [5.74, 6) is 1.16. The van der Waals surface area contributed by atoms with Crippen LogP contribution in [0.25, 0.3) is 0 Å². The van der Waals surface area contributed by atoms with Gasteiger partial charge < -0.3 is 29.5 Å². The van der Waals surface area contributed by atoms with E-state index in [4.69, 9.17) is 25.8 Å². The largest absolute Gasteiger partial charge is 0.495 e. The maximum Gasteiger partial charge on any atom is 0.251 e. The van der Waals surface area contributed by atoms with E-state index in [1.54, 1.807) is 49.0 Å². The number of carbonyl (C=O) groups excluding carboxylic acids is 2. The van der Waals surface area contributed by atoms with Gasteiger partial charge in [-0.1, -0.05) is 17.7 Å². The fourth-order valence-electron chi connectivity index (χ4n) is 4.50. The van der Waals surface area contributed by atoms with Gasteiger partial charge in [0.05, 0.1) is 25.8 Å². The average molecular weight is 533 g/mol.